The molecule has 1 aliphatic carbocycles. The minimum absolute atomic E-state index is 0.00424. The zero-order valence-electron chi connectivity index (χ0n) is 31.4. The van der Waals surface area contributed by atoms with Gasteiger partial charge in [0.15, 0.2) is 6.10 Å². The number of aliphatic hydroxyl groups is 3. The molecule has 6 N–H and O–H groups in total. The predicted octanol–water partition coefficient (Wildman–Crippen LogP) is 6.82. The third-order valence-electron chi connectivity index (χ3n) is 9.19. The summed E-state index contributed by atoms with van der Waals surface area (Å²) < 4.78 is 32.6. The number of unbranched alkanes of at least 4 members (excludes halogenated alkanes) is 13. The number of aliphatic hydroxyl groups excluding tert-OH is 3. The first-order valence-corrected chi connectivity index (χ1v) is 21.1. The molecule has 1 saturated carbocycles. The van der Waals surface area contributed by atoms with E-state index in [9.17, 15) is 34.4 Å². The largest absolute Gasteiger partial charge is 0.472 e. The molecule has 1 aliphatic rings. The van der Waals surface area contributed by atoms with E-state index in [-0.39, 0.29) is 50.9 Å². The molecular weight excluding hydrogens is 677 g/mol. The van der Waals surface area contributed by atoms with Gasteiger partial charge in [0.25, 0.3) is 0 Å². The highest BCUT2D eigenvalue weighted by atomic mass is 31.2. The van der Waals surface area contributed by atoms with Crippen LogP contribution in [0, 0.1) is 11.8 Å². The van der Waals surface area contributed by atoms with Crippen LogP contribution in [-0.2, 0) is 32.7 Å². The third-order valence-corrected chi connectivity index (χ3v) is 10.2. The van der Waals surface area contributed by atoms with E-state index in [1.165, 1.54) is 51.4 Å². The van der Waals surface area contributed by atoms with Gasteiger partial charge in [0, 0.05) is 25.3 Å². The van der Waals surface area contributed by atoms with Crippen molar-refractivity contribution in [1.82, 2.24) is 0 Å². The molecule has 0 aromatic heterocycles. The van der Waals surface area contributed by atoms with Gasteiger partial charge in [-0.3, -0.25) is 18.6 Å². The van der Waals surface area contributed by atoms with Gasteiger partial charge in [-0.2, -0.15) is 0 Å². The van der Waals surface area contributed by atoms with Crippen molar-refractivity contribution in [3.8, 4) is 0 Å². The number of carbonyl (C=O) groups is 2. The maximum atomic E-state index is 12.7. The molecule has 0 spiro atoms. The Bertz CT molecular complexity index is 1010. The van der Waals surface area contributed by atoms with Crippen molar-refractivity contribution in [2.24, 2.45) is 17.6 Å². The van der Waals surface area contributed by atoms with Gasteiger partial charge in [0.2, 0.25) is 0 Å². The van der Waals surface area contributed by atoms with Gasteiger partial charge in [-0.05, 0) is 25.2 Å². The molecule has 0 amide bonds. The average Bonchev–Trinajstić information content (AvgIpc) is 3.37. The summed E-state index contributed by atoms with van der Waals surface area (Å²) in [5.41, 5.74) is 5.32. The van der Waals surface area contributed by atoms with E-state index in [1.54, 1.807) is 24.3 Å². The van der Waals surface area contributed by atoms with Crippen molar-refractivity contribution in [3.63, 3.8) is 0 Å². The highest BCUT2D eigenvalue weighted by Gasteiger charge is 2.39. The van der Waals surface area contributed by atoms with E-state index in [1.807, 2.05) is 0 Å². The highest BCUT2D eigenvalue weighted by molar-refractivity contribution is 7.47. The smallest absolute Gasteiger partial charge is 0.462 e. The number of hydrogen-bond acceptors (Lipinski definition) is 11. The van der Waals surface area contributed by atoms with Crippen molar-refractivity contribution in [3.05, 3.63) is 24.3 Å². The van der Waals surface area contributed by atoms with Gasteiger partial charge in [0.05, 0.1) is 37.9 Å². The van der Waals surface area contributed by atoms with Crippen molar-refractivity contribution in [2.45, 2.75) is 167 Å². The highest BCUT2D eigenvalue weighted by Crippen LogP contribution is 2.43. The van der Waals surface area contributed by atoms with Crippen molar-refractivity contribution >= 4 is 19.8 Å². The van der Waals surface area contributed by atoms with Gasteiger partial charge >= 0.3 is 19.8 Å². The lowest BCUT2D eigenvalue weighted by Gasteiger charge is -2.20. The second-order valence-electron chi connectivity index (χ2n) is 13.8. The first-order valence-electron chi connectivity index (χ1n) is 19.6. The summed E-state index contributed by atoms with van der Waals surface area (Å²) in [6, 6.07) is 0. The topological polar surface area (TPSA) is 195 Å². The number of esters is 2. The van der Waals surface area contributed by atoms with Crippen LogP contribution in [0.25, 0.3) is 0 Å². The molecular formula is C38H70NO11P. The van der Waals surface area contributed by atoms with Crippen LogP contribution in [0.15, 0.2) is 24.3 Å². The number of nitrogens with two attached hydrogens (primary N) is 1. The normalized spacial score (nSPS) is 21.6. The fraction of sp³-hybridized carbons (Fsp3) is 0.842. The van der Waals surface area contributed by atoms with E-state index in [2.05, 4.69) is 13.8 Å². The Hall–Kier alpha value is -1.63. The summed E-state index contributed by atoms with van der Waals surface area (Å²) in [6.45, 7) is 3.23. The first kappa shape index (κ1) is 47.4. The number of allylic oxidation sites excluding steroid dienone is 1. The lowest BCUT2D eigenvalue weighted by molar-refractivity contribution is -0.160. The second kappa shape index (κ2) is 29.8. The lowest BCUT2D eigenvalue weighted by atomic mass is 9.89. The van der Waals surface area contributed by atoms with Crippen LogP contribution < -0.4 is 5.73 Å². The van der Waals surface area contributed by atoms with Gasteiger partial charge < -0.3 is 35.4 Å². The van der Waals surface area contributed by atoms with Crippen molar-refractivity contribution in [2.75, 3.05) is 26.4 Å². The van der Waals surface area contributed by atoms with Crippen molar-refractivity contribution < 1.29 is 52.9 Å². The summed E-state index contributed by atoms with van der Waals surface area (Å²) >= 11 is 0. The van der Waals surface area contributed by atoms with E-state index >= 15 is 0 Å². The maximum absolute atomic E-state index is 12.7. The molecule has 0 saturated heterocycles. The summed E-state index contributed by atoms with van der Waals surface area (Å²) in [7, 11) is -4.46. The summed E-state index contributed by atoms with van der Waals surface area (Å²) in [5.74, 6) is -1.75. The number of phosphoric acid groups is 1. The van der Waals surface area contributed by atoms with Crippen LogP contribution in [0.5, 0.6) is 0 Å². The number of carbonyl (C=O) groups excluding carboxylic acids is 2. The number of phosphoric ester groups is 1. The van der Waals surface area contributed by atoms with E-state index in [0.717, 1.165) is 38.5 Å². The summed E-state index contributed by atoms with van der Waals surface area (Å²) in [6.07, 6.45) is 22.0. The average molecular weight is 748 g/mol. The molecule has 1 rings (SSSR count). The molecule has 13 heteroatoms. The van der Waals surface area contributed by atoms with Gasteiger partial charge in [-0.25, -0.2) is 4.57 Å². The Kier molecular flexibility index (Phi) is 27.7. The zero-order chi connectivity index (χ0) is 37.7. The van der Waals surface area contributed by atoms with Crippen LogP contribution in [0.4, 0.5) is 0 Å². The third kappa shape index (κ3) is 24.3. The molecule has 0 aliphatic heterocycles. The Morgan fingerprint density at radius 2 is 1.43 bits per heavy atom. The Labute approximate surface area is 307 Å². The van der Waals surface area contributed by atoms with E-state index < -0.39 is 50.8 Å². The Morgan fingerprint density at radius 3 is 2.06 bits per heavy atom. The standard InChI is InChI=1S/C38H70NO11P/c1-3-5-7-8-9-10-11-12-13-14-15-17-22-37(43)47-29-32(30-49-51(45,46)48-27-26-39)50-38(44)23-19-18-21-33-34(36(42)28-35(33)41)25-24-31(40)20-16-6-4-2/h18-19,24-25,31-36,40-42H,3-17,20-23,26-30,39H2,1-2H3,(H,45,46)/b19-18-,25-24+/t31-,32-,33+,34-,35+,36-/m1/s1. The maximum Gasteiger partial charge on any atom is 0.472 e. The molecule has 0 aromatic rings. The molecule has 1 fully saturated rings. The monoisotopic (exact) mass is 747 g/mol. The molecule has 0 radical (unpaired) electrons. The minimum atomic E-state index is -4.46. The zero-order valence-corrected chi connectivity index (χ0v) is 32.3. The second-order valence-corrected chi connectivity index (χ2v) is 15.2. The molecule has 51 heavy (non-hydrogen) atoms. The summed E-state index contributed by atoms with van der Waals surface area (Å²) in [4.78, 5) is 35.0. The molecule has 0 aromatic carbocycles. The van der Waals surface area contributed by atoms with Crippen LogP contribution >= 0.6 is 7.82 Å². The van der Waals surface area contributed by atoms with Crippen molar-refractivity contribution in [1.29, 1.82) is 0 Å². The van der Waals surface area contributed by atoms with Gasteiger partial charge in [-0.15, -0.1) is 0 Å². The van der Waals surface area contributed by atoms with Gasteiger partial charge in [-0.1, -0.05) is 128 Å². The van der Waals surface area contributed by atoms with Crippen LogP contribution in [0.3, 0.4) is 0 Å². The van der Waals surface area contributed by atoms with E-state index in [0.29, 0.717) is 19.3 Å². The Balaban J connectivity index is 2.54. The van der Waals surface area contributed by atoms with E-state index in [4.69, 9.17) is 24.3 Å². The fourth-order valence-corrected chi connectivity index (χ4v) is 6.96. The lowest BCUT2D eigenvalue weighted by Crippen LogP contribution is -2.29. The quantitative estimate of drug-likeness (QED) is 0.0209. The molecule has 7 atom stereocenters. The number of hydrogen-bond donors (Lipinski definition) is 5. The predicted molar refractivity (Wildman–Crippen MR) is 199 cm³/mol. The number of rotatable bonds is 32. The molecule has 298 valence electrons. The SMILES string of the molecule is CCCCCCCCCCCCCCC(=O)OC[C@H](COP(=O)(O)OCCN)OC(=O)C/C=C\C[C@H]1[C@@H](/C=C/[C@H](O)CCCCC)[C@H](O)C[C@@H]1O. The number of ether oxygens (including phenoxy) is 2. The fourth-order valence-electron chi connectivity index (χ4n) is 6.20. The molecule has 12 nitrogen and oxygen atoms in total. The first-order chi connectivity index (χ1) is 24.5. The molecule has 0 bridgehead atoms. The molecule has 1 unspecified atom stereocenters. The molecule has 0 heterocycles. The van der Waals surface area contributed by atoms with Crippen LogP contribution in [0.2, 0.25) is 0 Å². The van der Waals surface area contributed by atoms with Crippen LogP contribution in [0.1, 0.15) is 142 Å². The minimum Gasteiger partial charge on any atom is -0.462 e. The Morgan fingerprint density at radius 1 is 0.824 bits per heavy atom. The summed E-state index contributed by atoms with van der Waals surface area (Å²) in [5, 5.41) is 31.3. The van der Waals surface area contributed by atoms with Gasteiger partial charge in [0.1, 0.15) is 6.61 Å². The van der Waals surface area contributed by atoms with Crippen LogP contribution in [-0.4, -0.2) is 82.9 Å².